The van der Waals surface area contributed by atoms with Crippen LogP contribution in [0.3, 0.4) is 0 Å². The lowest BCUT2D eigenvalue weighted by molar-refractivity contribution is 0.0932. The Morgan fingerprint density at radius 1 is 1.25 bits per heavy atom. The fourth-order valence-electron chi connectivity index (χ4n) is 2.41. The van der Waals surface area contributed by atoms with Gasteiger partial charge in [-0.3, -0.25) is 4.79 Å². The van der Waals surface area contributed by atoms with Crippen molar-refractivity contribution in [3.8, 4) is 0 Å². The number of nitrogens with zero attached hydrogens (tertiary/aromatic N) is 3. The van der Waals surface area contributed by atoms with Gasteiger partial charge in [-0.15, -0.1) is 0 Å². The molecule has 1 unspecified atom stereocenters. The summed E-state index contributed by atoms with van der Waals surface area (Å²) in [5, 5.41) is 6.79. The predicted molar refractivity (Wildman–Crippen MR) is 87.5 cm³/mol. The van der Waals surface area contributed by atoms with Gasteiger partial charge in [0.2, 0.25) is 5.89 Å². The first-order valence-corrected chi connectivity index (χ1v) is 7.93. The zero-order chi connectivity index (χ0) is 17.3. The van der Waals surface area contributed by atoms with Crippen LogP contribution in [-0.2, 0) is 6.42 Å². The molecular weight excluding hydrogens is 308 g/mol. The Hall–Kier alpha value is -2.70. The molecule has 1 amide bonds. The molecule has 7 heteroatoms. The van der Waals surface area contributed by atoms with Crippen LogP contribution in [0.5, 0.6) is 0 Å². The Bertz CT molecular complexity index is 866. The summed E-state index contributed by atoms with van der Waals surface area (Å²) in [6.07, 6.45) is 0.742. The number of oxazole rings is 1. The van der Waals surface area contributed by atoms with Gasteiger partial charge in [0.15, 0.2) is 17.3 Å². The fraction of sp³-hybridized carbons (Fsp3) is 0.412. The predicted octanol–water partition coefficient (Wildman–Crippen LogP) is 3.21. The number of carbonyl (C=O) groups excluding carboxylic acids is 1. The first-order chi connectivity index (χ1) is 11.4. The SMILES string of the molecule is Cc1nc2ccc(C(=O)NC(C)c3nc(CC(C)C)no3)cc2o1. The maximum absolute atomic E-state index is 12.4. The number of rotatable bonds is 5. The average molecular weight is 328 g/mol. The van der Waals surface area contributed by atoms with E-state index in [1.165, 1.54) is 0 Å². The Labute approximate surface area is 139 Å². The summed E-state index contributed by atoms with van der Waals surface area (Å²) in [5.41, 5.74) is 1.81. The third-order valence-electron chi connectivity index (χ3n) is 3.55. The largest absolute Gasteiger partial charge is 0.441 e. The van der Waals surface area contributed by atoms with Gasteiger partial charge >= 0.3 is 0 Å². The molecular formula is C17H20N4O3. The smallest absolute Gasteiger partial charge is 0.252 e. The van der Waals surface area contributed by atoms with Crippen molar-refractivity contribution in [2.24, 2.45) is 5.92 Å². The number of nitrogens with one attached hydrogen (secondary N) is 1. The highest BCUT2D eigenvalue weighted by Gasteiger charge is 2.18. The van der Waals surface area contributed by atoms with Gasteiger partial charge < -0.3 is 14.3 Å². The van der Waals surface area contributed by atoms with E-state index in [2.05, 4.69) is 34.3 Å². The molecule has 0 spiro atoms. The first-order valence-electron chi connectivity index (χ1n) is 7.93. The van der Waals surface area contributed by atoms with Crippen LogP contribution in [0.15, 0.2) is 27.1 Å². The van der Waals surface area contributed by atoms with Crippen LogP contribution in [0, 0.1) is 12.8 Å². The normalized spacial score (nSPS) is 12.7. The molecule has 0 radical (unpaired) electrons. The maximum Gasteiger partial charge on any atom is 0.252 e. The second-order valence-electron chi connectivity index (χ2n) is 6.26. The lowest BCUT2D eigenvalue weighted by Crippen LogP contribution is -2.26. The van der Waals surface area contributed by atoms with Crippen molar-refractivity contribution in [2.75, 3.05) is 0 Å². The number of hydrogen-bond acceptors (Lipinski definition) is 6. The van der Waals surface area contributed by atoms with Crippen molar-refractivity contribution in [2.45, 2.75) is 40.2 Å². The quantitative estimate of drug-likeness (QED) is 0.773. The van der Waals surface area contributed by atoms with Crippen molar-refractivity contribution in [1.29, 1.82) is 0 Å². The number of aryl methyl sites for hydroxylation is 1. The second-order valence-corrected chi connectivity index (χ2v) is 6.26. The van der Waals surface area contributed by atoms with E-state index in [1.54, 1.807) is 25.1 Å². The van der Waals surface area contributed by atoms with Gasteiger partial charge in [-0.05, 0) is 31.0 Å². The summed E-state index contributed by atoms with van der Waals surface area (Å²) in [7, 11) is 0. The van der Waals surface area contributed by atoms with Crippen LogP contribution in [0.2, 0.25) is 0 Å². The standard InChI is InChI=1S/C17H20N4O3/c1-9(2)7-15-20-17(24-21-15)10(3)18-16(22)12-5-6-13-14(8-12)23-11(4)19-13/h5-6,8-10H,7H2,1-4H3,(H,18,22). The molecule has 1 aromatic carbocycles. The minimum atomic E-state index is -0.377. The molecule has 0 aliphatic heterocycles. The van der Waals surface area contributed by atoms with Gasteiger partial charge in [-0.1, -0.05) is 19.0 Å². The van der Waals surface area contributed by atoms with Gasteiger partial charge in [0.25, 0.3) is 5.91 Å². The minimum Gasteiger partial charge on any atom is -0.441 e. The van der Waals surface area contributed by atoms with Crippen LogP contribution in [0.1, 0.15) is 54.8 Å². The number of carbonyl (C=O) groups is 1. The molecule has 1 N–H and O–H groups in total. The zero-order valence-corrected chi connectivity index (χ0v) is 14.2. The zero-order valence-electron chi connectivity index (χ0n) is 14.2. The lowest BCUT2D eigenvalue weighted by atomic mass is 10.1. The summed E-state index contributed by atoms with van der Waals surface area (Å²) in [4.78, 5) is 20.9. The highest BCUT2D eigenvalue weighted by Crippen LogP contribution is 2.18. The molecule has 0 aliphatic rings. The summed E-state index contributed by atoms with van der Waals surface area (Å²) in [5.74, 6) is 1.83. The van der Waals surface area contributed by atoms with E-state index in [1.807, 2.05) is 6.92 Å². The maximum atomic E-state index is 12.4. The molecule has 3 rings (SSSR count). The van der Waals surface area contributed by atoms with Crippen molar-refractivity contribution in [3.63, 3.8) is 0 Å². The van der Waals surface area contributed by atoms with E-state index in [-0.39, 0.29) is 11.9 Å². The van der Waals surface area contributed by atoms with E-state index >= 15 is 0 Å². The van der Waals surface area contributed by atoms with Gasteiger partial charge in [0.05, 0.1) is 0 Å². The third kappa shape index (κ3) is 3.45. The second kappa shape index (κ2) is 6.43. The first kappa shape index (κ1) is 16.2. The van der Waals surface area contributed by atoms with Crippen LogP contribution >= 0.6 is 0 Å². The molecule has 0 saturated heterocycles. The molecule has 2 aromatic heterocycles. The Morgan fingerprint density at radius 3 is 2.79 bits per heavy atom. The van der Waals surface area contributed by atoms with E-state index < -0.39 is 0 Å². The fourth-order valence-corrected chi connectivity index (χ4v) is 2.41. The monoisotopic (exact) mass is 328 g/mol. The number of aromatic nitrogens is 3. The molecule has 126 valence electrons. The summed E-state index contributed by atoms with van der Waals surface area (Å²) >= 11 is 0. The van der Waals surface area contributed by atoms with E-state index in [4.69, 9.17) is 8.94 Å². The number of fused-ring (bicyclic) bond motifs is 1. The average Bonchev–Trinajstić information content (AvgIpc) is 3.10. The van der Waals surface area contributed by atoms with Gasteiger partial charge in [-0.25, -0.2) is 4.98 Å². The molecule has 3 aromatic rings. The topological polar surface area (TPSA) is 94.1 Å². The van der Waals surface area contributed by atoms with Crippen LogP contribution in [0.25, 0.3) is 11.1 Å². The van der Waals surface area contributed by atoms with Crippen molar-refractivity contribution in [3.05, 3.63) is 41.4 Å². The van der Waals surface area contributed by atoms with Crippen LogP contribution < -0.4 is 5.32 Å². The van der Waals surface area contributed by atoms with Crippen molar-refractivity contribution in [1.82, 2.24) is 20.4 Å². The van der Waals surface area contributed by atoms with Crippen molar-refractivity contribution < 1.29 is 13.7 Å². The van der Waals surface area contributed by atoms with Crippen molar-refractivity contribution >= 4 is 17.0 Å². The Morgan fingerprint density at radius 2 is 2.04 bits per heavy atom. The molecule has 0 bridgehead atoms. The molecule has 1 atom stereocenters. The molecule has 2 heterocycles. The number of hydrogen-bond donors (Lipinski definition) is 1. The van der Waals surface area contributed by atoms with Crippen LogP contribution in [-0.4, -0.2) is 21.0 Å². The van der Waals surface area contributed by atoms with Gasteiger partial charge in [0, 0.05) is 18.9 Å². The van der Waals surface area contributed by atoms with E-state index in [0.717, 1.165) is 11.9 Å². The van der Waals surface area contributed by atoms with Crippen LogP contribution in [0.4, 0.5) is 0 Å². The van der Waals surface area contributed by atoms with Gasteiger partial charge in [-0.2, -0.15) is 4.98 Å². The summed E-state index contributed by atoms with van der Waals surface area (Å²) in [6.45, 7) is 7.75. The Balaban J connectivity index is 1.71. The molecule has 7 nitrogen and oxygen atoms in total. The number of benzene rings is 1. The Kier molecular flexibility index (Phi) is 4.33. The highest BCUT2D eigenvalue weighted by molar-refractivity contribution is 5.97. The molecule has 0 fully saturated rings. The van der Waals surface area contributed by atoms with Gasteiger partial charge in [0.1, 0.15) is 11.6 Å². The number of amides is 1. The molecule has 24 heavy (non-hydrogen) atoms. The minimum absolute atomic E-state index is 0.234. The summed E-state index contributed by atoms with van der Waals surface area (Å²) in [6, 6.07) is 4.77. The molecule has 0 aliphatic carbocycles. The van der Waals surface area contributed by atoms with E-state index in [0.29, 0.717) is 34.7 Å². The highest BCUT2D eigenvalue weighted by atomic mass is 16.5. The van der Waals surface area contributed by atoms with E-state index in [9.17, 15) is 4.79 Å². The lowest BCUT2D eigenvalue weighted by Gasteiger charge is -2.09. The molecule has 0 saturated carbocycles. The third-order valence-corrected chi connectivity index (χ3v) is 3.55. The summed E-state index contributed by atoms with van der Waals surface area (Å²) < 4.78 is 10.7.